The second-order valence-electron chi connectivity index (χ2n) is 11.2. The lowest BCUT2D eigenvalue weighted by molar-refractivity contribution is -0.145. The Morgan fingerprint density at radius 1 is 0.972 bits per heavy atom. The molecule has 7 heteroatoms. The molecule has 2 fully saturated rings. The third-order valence-electron chi connectivity index (χ3n) is 7.61. The molecule has 0 aromatic heterocycles. The molecule has 0 radical (unpaired) electrons. The van der Waals surface area contributed by atoms with Gasteiger partial charge >= 0.3 is 6.09 Å². The molecule has 1 heterocycles. The van der Waals surface area contributed by atoms with Crippen molar-refractivity contribution in [2.75, 3.05) is 19.6 Å². The zero-order chi connectivity index (χ0) is 25.9. The summed E-state index contributed by atoms with van der Waals surface area (Å²) in [5.74, 6) is 0.426. The molecule has 194 valence electrons. The van der Waals surface area contributed by atoms with E-state index in [1.807, 2.05) is 75.4 Å². The van der Waals surface area contributed by atoms with E-state index in [1.165, 1.54) is 4.90 Å². The maximum absolute atomic E-state index is 14.2. The highest BCUT2D eigenvalue weighted by Crippen LogP contribution is 2.42. The van der Waals surface area contributed by atoms with Crippen molar-refractivity contribution >= 4 is 12.0 Å². The number of aliphatic hydroxyl groups is 1. The molecule has 2 aromatic carbocycles. The largest absolute Gasteiger partial charge is 0.465 e. The van der Waals surface area contributed by atoms with Crippen LogP contribution in [0, 0.1) is 5.41 Å². The summed E-state index contributed by atoms with van der Waals surface area (Å²) >= 11 is 0. The predicted molar refractivity (Wildman–Crippen MR) is 138 cm³/mol. The minimum absolute atomic E-state index is 0.143. The Morgan fingerprint density at radius 2 is 1.64 bits per heavy atom. The summed E-state index contributed by atoms with van der Waals surface area (Å²) in [5.41, 5.74) is -0.759. The van der Waals surface area contributed by atoms with E-state index in [0.29, 0.717) is 37.4 Å². The lowest BCUT2D eigenvalue weighted by atomic mass is 9.72. The van der Waals surface area contributed by atoms with Gasteiger partial charge in [0.05, 0.1) is 17.6 Å². The van der Waals surface area contributed by atoms with Crippen LogP contribution in [0.1, 0.15) is 64.4 Å². The van der Waals surface area contributed by atoms with Crippen LogP contribution in [0.15, 0.2) is 54.6 Å². The van der Waals surface area contributed by atoms with Gasteiger partial charge in [0.15, 0.2) is 0 Å². The lowest BCUT2D eigenvalue weighted by Crippen LogP contribution is -2.62. The summed E-state index contributed by atoms with van der Waals surface area (Å²) in [6, 6.07) is 16.6. The number of carbonyl (C=O) groups is 2. The number of ether oxygens (including phenoxy) is 1. The van der Waals surface area contributed by atoms with Gasteiger partial charge in [-0.3, -0.25) is 4.79 Å². The third kappa shape index (κ3) is 5.67. The second-order valence-corrected chi connectivity index (χ2v) is 11.2. The zero-order valence-corrected chi connectivity index (χ0v) is 21.5. The van der Waals surface area contributed by atoms with E-state index in [9.17, 15) is 19.8 Å². The first-order valence-electron chi connectivity index (χ1n) is 12.9. The van der Waals surface area contributed by atoms with Crippen LogP contribution in [-0.2, 0) is 4.79 Å². The molecule has 1 aliphatic carbocycles. The highest BCUT2D eigenvalue weighted by Gasteiger charge is 2.47. The molecule has 1 aliphatic heterocycles. The highest BCUT2D eigenvalue weighted by atomic mass is 16.5. The van der Waals surface area contributed by atoms with E-state index in [0.717, 1.165) is 24.8 Å². The smallest absolute Gasteiger partial charge is 0.407 e. The molecule has 4 rings (SSSR count). The number of carboxylic acid groups (broad SMARTS) is 1. The summed E-state index contributed by atoms with van der Waals surface area (Å²) in [4.78, 5) is 29.3. The zero-order valence-electron chi connectivity index (χ0n) is 21.5. The molecule has 36 heavy (non-hydrogen) atoms. The van der Waals surface area contributed by atoms with Crippen molar-refractivity contribution in [1.29, 1.82) is 0 Å². The summed E-state index contributed by atoms with van der Waals surface area (Å²) < 4.78 is 6.04. The van der Waals surface area contributed by atoms with Gasteiger partial charge < -0.3 is 24.7 Å². The lowest BCUT2D eigenvalue weighted by Gasteiger charge is -2.48. The first kappa shape index (κ1) is 26.0. The number of rotatable bonds is 5. The Labute approximate surface area is 213 Å². The number of para-hydroxylation sites is 1. The Balaban J connectivity index is 1.66. The van der Waals surface area contributed by atoms with E-state index in [2.05, 4.69) is 0 Å². The van der Waals surface area contributed by atoms with Crippen LogP contribution in [0.4, 0.5) is 4.79 Å². The van der Waals surface area contributed by atoms with Gasteiger partial charge in [0.25, 0.3) is 0 Å². The van der Waals surface area contributed by atoms with Crippen LogP contribution in [0.5, 0.6) is 11.5 Å². The van der Waals surface area contributed by atoms with Crippen LogP contribution >= 0.6 is 0 Å². The minimum Gasteiger partial charge on any atom is -0.465 e. The van der Waals surface area contributed by atoms with Gasteiger partial charge in [-0.25, -0.2) is 4.79 Å². The fourth-order valence-electron chi connectivity index (χ4n) is 5.65. The van der Waals surface area contributed by atoms with E-state index in [-0.39, 0.29) is 23.9 Å². The van der Waals surface area contributed by atoms with Crippen molar-refractivity contribution in [2.45, 2.75) is 70.4 Å². The number of nitrogens with zero attached hydrogens (tertiary/aromatic N) is 2. The van der Waals surface area contributed by atoms with Crippen LogP contribution < -0.4 is 4.74 Å². The van der Waals surface area contributed by atoms with Crippen LogP contribution in [0.25, 0.3) is 0 Å². The van der Waals surface area contributed by atoms with E-state index in [1.54, 1.807) is 4.90 Å². The molecule has 2 aliphatic rings. The normalized spacial score (nSPS) is 21.1. The molecule has 7 nitrogen and oxygen atoms in total. The Bertz CT molecular complexity index is 1060. The first-order valence-corrected chi connectivity index (χ1v) is 12.9. The maximum atomic E-state index is 14.2. The van der Waals surface area contributed by atoms with Gasteiger partial charge in [0.2, 0.25) is 5.91 Å². The molecule has 2 atom stereocenters. The maximum Gasteiger partial charge on any atom is 0.407 e. The second kappa shape index (κ2) is 10.5. The number of benzene rings is 2. The quantitative estimate of drug-likeness (QED) is 0.573. The average Bonchev–Trinajstić information content (AvgIpc) is 2.84. The minimum atomic E-state index is -1.15. The number of hydrogen-bond donors (Lipinski definition) is 2. The van der Waals surface area contributed by atoms with Gasteiger partial charge in [-0.15, -0.1) is 0 Å². The average molecular weight is 495 g/mol. The Hall–Kier alpha value is -3.06. The molecular weight excluding hydrogens is 456 g/mol. The Morgan fingerprint density at radius 3 is 2.28 bits per heavy atom. The molecule has 2 unspecified atom stereocenters. The van der Waals surface area contributed by atoms with Crippen LogP contribution in [0.2, 0.25) is 0 Å². The van der Waals surface area contributed by atoms with Crippen molar-refractivity contribution in [3.8, 4) is 11.5 Å². The summed E-state index contributed by atoms with van der Waals surface area (Å²) in [5, 5.41) is 21.6. The van der Waals surface area contributed by atoms with Gasteiger partial charge in [-0.2, -0.15) is 0 Å². The molecule has 0 spiro atoms. The fourth-order valence-corrected chi connectivity index (χ4v) is 5.65. The molecule has 2 amide bonds. The number of amides is 2. The number of hydrogen-bond acceptors (Lipinski definition) is 4. The highest BCUT2D eigenvalue weighted by molar-refractivity contribution is 5.86. The van der Waals surface area contributed by atoms with Crippen molar-refractivity contribution < 1.29 is 24.5 Å². The third-order valence-corrected chi connectivity index (χ3v) is 7.61. The van der Waals surface area contributed by atoms with E-state index < -0.39 is 17.6 Å². The SMILES string of the molecule is CC(C)(C)C1CN(C(=O)C(c2cccc(Oc3ccccc3)c2)C2(O)CCCCC2)CCN1C(=O)O. The summed E-state index contributed by atoms with van der Waals surface area (Å²) in [6.45, 7) is 6.87. The number of carbonyl (C=O) groups excluding carboxylic acids is 1. The molecule has 0 bridgehead atoms. The fraction of sp³-hybridized carbons (Fsp3) is 0.517. The molecule has 1 saturated carbocycles. The van der Waals surface area contributed by atoms with Gasteiger partial charge in [0.1, 0.15) is 11.5 Å². The Kier molecular flexibility index (Phi) is 7.59. The van der Waals surface area contributed by atoms with Crippen LogP contribution in [-0.4, -0.2) is 63.3 Å². The van der Waals surface area contributed by atoms with Gasteiger partial charge in [-0.05, 0) is 48.1 Å². The van der Waals surface area contributed by atoms with Crippen molar-refractivity contribution in [3.05, 3.63) is 60.2 Å². The molecule has 2 N–H and O–H groups in total. The standard InChI is InChI=1S/C29H38N2O5/c1-28(2,3)24-20-30(17-18-31(24)27(33)34)26(32)25(29(35)15-8-5-9-16-29)21-11-10-14-23(19-21)36-22-12-6-4-7-13-22/h4,6-7,10-14,19,24-25,35H,5,8-9,15-18,20H2,1-3H3,(H,33,34). The van der Waals surface area contributed by atoms with E-state index >= 15 is 0 Å². The summed E-state index contributed by atoms with van der Waals surface area (Å²) in [6.07, 6.45) is 2.95. The van der Waals surface area contributed by atoms with Crippen molar-refractivity contribution in [3.63, 3.8) is 0 Å². The van der Waals surface area contributed by atoms with Crippen molar-refractivity contribution in [2.24, 2.45) is 5.41 Å². The predicted octanol–water partition coefficient (Wildman–Crippen LogP) is 5.49. The van der Waals surface area contributed by atoms with Crippen LogP contribution in [0.3, 0.4) is 0 Å². The summed E-state index contributed by atoms with van der Waals surface area (Å²) in [7, 11) is 0. The van der Waals surface area contributed by atoms with Gasteiger partial charge in [-0.1, -0.05) is 70.4 Å². The van der Waals surface area contributed by atoms with Crippen molar-refractivity contribution in [1.82, 2.24) is 9.80 Å². The van der Waals surface area contributed by atoms with E-state index in [4.69, 9.17) is 4.74 Å². The topological polar surface area (TPSA) is 90.3 Å². The molecule has 2 aromatic rings. The first-order chi connectivity index (χ1) is 17.1. The molecule has 1 saturated heterocycles. The monoisotopic (exact) mass is 494 g/mol. The number of piperazine rings is 1. The molecular formula is C29H38N2O5. The van der Waals surface area contributed by atoms with Gasteiger partial charge in [0, 0.05) is 19.6 Å².